The zero-order chi connectivity index (χ0) is 11.1. The number of amides is 1. The van der Waals surface area contributed by atoms with E-state index in [9.17, 15) is 4.79 Å². The Morgan fingerprint density at radius 1 is 1.40 bits per heavy atom. The van der Waals surface area contributed by atoms with Crippen molar-refractivity contribution in [1.82, 2.24) is 4.90 Å². The van der Waals surface area contributed by atoms with E-state index in [-0.39, 0.29) is 11.7 Å². The van der Waals surface area contributed by atoms with Crippen molar-refractivity contribution in [3.8, 4) is 0 Å². The topological polar surface area (TPSA) is 38.8 Å². The molecule has 2 aliphatic heterocycles. The lowest BCUT2D eigenvalue weighted by atomic mass is 9.94. The van der Waals surface area contributed by atoms with Gasteiger partial charge in [-0.05, 0) is 27.2 Å². The van der Waals surface area contributed by atoms with Crippen molar-refractivity contribution < 1.29 is 14.3 Å². The van der Waals surface area contributed by atoms with Gasteiger partial charge < -0.3 is 14.4 Å². The van der Waals surface area contributed by atoms with Crippen LogP contribution in [0, 0.1) is 0 Å². The molecule has 1 atom stereocenters. The number of carbonyl (C=O) groups is 1. The zero-order valence-corrected chi connectivity index (χ0v) is 9.71. The van der Waals surface area contributed by atoms with Crippen LogP contribution >= 0.6 is 0 Å². The second-order valence-corrected chi connectivity index (χ2v) is 5.43. The molecule has 2 aliphatic rings. The monoisotopic (exact) mass is 213 g/mol. The van der Waals surface area contributed by atoms with Crippen molar-refractivity contribution >= 4 is 6.09 Å². The second kappa shape index (κ2) is 3.37. The van der Waals surface area contributed by atoms with E-state index in [1.165, 1.54) is 0 Å². The number of carbonyl (C=O) groups excluding carboxylic acids is 1. The zero-order valence-electron chi connectivity index (χ0n) is 9.71. The molecule has 2 rings (SSSR count). The van der Waals surface area contributed by atoms with Gasteiger partial charge in [0.2, 0.25) is 0 Å². The minimum absolute atomic E-state index is 0.0308. The third kappa shape index (κ3) is 2.25. The van der Waals surface area contributed by atoms with E-state index >= 15 is 0 Å². The molecule has 4 nitrogen and oxygen atoms in total. The minimum Gasteiger partial charge on any atom is -0.444 e. The summed E-state index contributed by atoms with van der Waals surface area (Å²) in [4.78, 5) is 13.5. The molecule has 4 heteroatoms. The lowest BCUT2D eigenvalue weighted by molar-refractivity contribution is -0.136. The fourth-order valence-electron chi connectivity index (χ4n) is 2.04. The van der Waals surface area contributed by atoms with Gasteiger partial charge in [0.15, 0.2) is 0 Å². The SMILES string of the molecule is CC(C)(C)OC(=O)N1CC[C@@]2(CCO2)C1. The van der Waals surface area contributed by atoms with Crippen molar-refractivity contribution in [3.05, 3.63) is 0 Å². The van der Waals surface area contributed by atoms with Crippen LogP contribution in [0.15, 0.2) is 0 Å². The summed E-state index contributed by atoms with van der Waals surface area (Å²) in [5.74, 6) is 0. The molecule has 0 bridgehead atoms. The highest BCUT2D eigenvalue weighted by Gasteiger charge is 2.46. The highest BCUT2D eigenvalue weighted by atomic mass is 16.6. The van der Waals surface area contributed by atoms with Crippen LogP contribution in [0.25, 0.3) is 0 Å². The Bertz CT molecular complexity index is 265. The molecule has 0 aromatic heterocycles. The maximum Gasteiger partial charge on any atom is 0.410 e. The predicted molar refractivity (Wildman–Crippen MR) is 55.7 cm³/mol. The standard InChI is InChI=1S/C11H19NO3/c1-10(2,3)15-9(13)12-6-4-11(8-12)5-7-14-11/h4-8H2,1-3H3/t11-/m1/s1. The van der Waals surface area contributed by atoms with Gasteiger partial charge in [0.25, 0.3) is 0 Å². The molecule has 0 saturated carbocycles. The summed E-state index contributed by atoms with van der Waals surface area (Å²) < 4.78 is 10.9. The molecule has 0 aliphatic carbocycles. The van der Waals surface area contributed by atoms with E-state index < -0.39 is 5.60 Å². The first-order valence-electron chi connectivity index (χ1n) is 5.52. The summed E-state index contributed by atoms with van der Waals surface area (Å²) in [5.41, 5.74) is -0.440. The van der Waals surface area contributed by atoms with Crippen molar-refractivity contribution in [1.29, 1.82) is 0 Å². The van der Waals surface area contributed by atoms with Gasteiger partial charge in [-0.2, -0.15) is 0 Å². The third-order valence-electron chi connectivity index (χ3n) is 2.93. The van der Waals surface area contributed by atoms with Crippen molar-refractivity contribution in [2.45, 2.75) is 44.8 Å². The number of nitrogens with zero attached hydrogens (tertiary/aromatic N) is 1. The molecular formula is C11H19NO3. The lowest BCUT2D eigenvalue weighted by Crippen LogP contribution is -2.47. The van der Waals surface area contributed by atoms with E-state index in [0.717, 1.165) is 26.0 Å². The van der Waals surface area contributed by atoms with Crippen LogP contribution < -0.4 is 0 Å². The van der Waals surface area contributed by atoms with Crippen LogP contribution in [-0.2, 0) is 9.47 Å². The molecule has 1 amide bonds. The number of likely N-dealkylation sites (tertiary alicyclic amines) is 1. The van der Waals surface area contributed by atoms with Gasteiger partial charge >= 0.3 is 6.09 Å². The maximum absolute atomic E-state index is 11.7. The third-order valence-corrected chi connectivity index (χ3v) is 2.93. The van der Waals surface area contributed by atoms with Crippen LogP contribution in [0.3, 0.4) is 0 Å². The average molecular weight is 213 g/mol. The second-order valence-electron chi connectivity index (χ2n) is 5.43. The largest absolute Gasteiger partial charge is 0.444 e. The Kier molecular flexibility index (Phi) is 2.41. The highest BCUT2D eigenvalue weighted by Crippen LogP contribution is 2.36. The first kappa shape index (κ1) is 10.7. The first-order valence-corrected chi connectivity index (χ1v) is 5.52. The summed E-state index contributed by atoms with van der Waals surface area (Å²) in [7, 11) is 0. The molecule has 0 N–H and O–H groups in total. The van der Waals surface area contributed by atoms with Crippen LogP contribution in [0.4, 0.5) is 4.79 Å². The fraction of sp³-hybridized carbons (Fsp3) is 0.909. The molecule has 0 unspecified atom stereocenters. The number of hydrogen-bond acceptors (Lipinski definition) is 3. The Morgan fingerprint density at radius 2 is 2.07 bits per heavy atom. The van der Waals surface area contributed by atoms with E-state index in [2.05, 4.69) is 0 Å². The molecule has 0 aromatic rings. The Hall–Kier alpha value is -0.770. The van der Waals surface area contributed by atoms with Crippen LogP contribution in [-0.4, -0.2) is 41.9 Å². The maximum atomic E-state index is 11.7. The normalized spacial score (nSPS) is 30.5. The Morgan fingerprint density at radius 3 is 2.47 bits per heavy atom. The van der Waals surface area contributed by atoms with E-state index in [0.29, 0.717) is 6.54 Å². The predicted octanol–water partition coefficient (Wildman–Crippen LogP) is 1.79. The van der Waals surface area contributed by atoms with Gasteiger partial charge in [0.1, 0.15) is 5.60 Å². The smallest absolute Gasteiger partial charge is 0.410 e. The molecular weight excluding hydrogens is 194 g/mol. The average Bonchev–Trinajstić information content (AvgIpc) is 2.43. The summed E-state index contributed by atoms with van der Waals surface area (Å²) in [6.45, 7) is 7.95. The number of ether oxygens (including phenoxy) is 2. The summed E-state index contributed by atoms with van der Waals surface area (Å²) >= 11 is 0. The van der Waals surface area contributed by atoms with Crippen LogP contribution in [0.5, 0.6) is 0 Å². The van der Waals surface area contributed by atoms with Crippen LogP contribution in [0.2, 0.25) is 0 Å². The van der Waals surface area contributed by atoms with Gasteiger partial charge in [-0.25, -0.2) is 4.79 Å². The Balaban J connectivity index is 1.88. The molecule has 2 saturated heterocycles. The molecule has 2 fully saturated rings. The van der Waals surface area contributed by atoms with Gasteiger partial charge in [-0.1, -0.05) is 0 Å². The summed E-state index contributed by atoms with van der Waals surface area (Å²) in [6, 6.07) is 0. The van der Waals surface area contributed by atoms with E-state index in [1.54, 1.807) is 4.90 Å². The van der Waals surface area contributed by atoms with Crippen molar-refractivity contribution in [3.63, 3.8) is 0 Å². The van der Waals surface area contributed by atoms with Gasteiger partial charge in [-0.3, -0.25) is 0 Å². The number of hydrogen-bond donors (Lipinski definition) is 0. The molecule has 0 radical (unpaired) electrons. The van der Waals surface area contributed by atoms with E-state index in [4.69, 9.17) is 9.47 Å². The van der Waals surface area contributed by atoms with E-state index in [1.807, 2.05) is 20.8 Å². The number of rotatable bonds is 0. The first-order chi connectivity index (χ1) is 6.90. The molecule has 15 heavy (non-hydrogen) atoms. The minimum atomic E-state index is -0.409. The van der Waals surface area contributed by atoms with Gasteiger partial charge in [-0.15, -0.1) is 0 Å². The molecule has 2 heterocycles. The fourth-order valence-corrected chi connectivity index (χ4v) is 2.04. The lowest BCUT2D eigenvalue weighted by Gasteiger charge is -2.38. The van der Waals surface area contributed by atoms with Crippen LogP contribution in [0.1, 0.15) is 33.6 Å². The Labute approximate surface area is 90.5 Å². The van der Waals surface area contributed by atoms with Gasteiger partial charge in [0, 0.05) is 13.0 Å². The van der Waals surface area contributed by atoms with Gasteiger partial charge in [0.05, 0.1) is 18.8 Å². The van der Waals surface area contributed by atoms with Crippen molar-refractivity contribution in [2.75, 3.05) is 19.7 Å². The highest BCUT2D eigenvalue weighted by molar-refractivity contribution is 5.68. The molecule has 86 valence electrons. The quantitative estimate of drug-likeness (QED) is 0.615. The summed E-state index contributed by atoms with van der Waals surface area (Å²) in [5, 5.41) is 0. The summed E-state index contributed by atoms with van der Waals surface area (Å²) in [6.07, 6.45) is 1.81. The molecule has 0 aromatic carbocycles. The molecule has 1 spiro atoms. The van der Waals surface area contributed by atoms with Crippen molar-refractivity contribution in [2.24, 2.45) is 0 Å².